The maximum Gasteiger partial charge on any atom is 0.239 e. The van der Waals surface area contributed by atoms with E-state index in [2.05, 4.69) is 5.32 Å². The molecule has 2 heterocycles. The lowest BCUT2D eigenvalue weighted by Gasteiger charge is -2.21. The average Bonchev–Trinajstić information content (AvgIpc) is 3.10. The highest BCUT2D eigenvalue weighted by atomic mass is 17.2. The van der Waals surface area contributed by atoms with Crippen molar-refractivity contribution in [2.75, 3.05) is 5.32 Å². The van der Waals surface area contributed by atoms with Gasteiger partial charge in [-0.05, 0) is 43.2 Å². The van der Waals surface area contributed by atoms with Crippen molar-refractivity contribution in [3.05, 3.63) is 58.7 Å². The maximum absolute atomic E-state index is 12.2. The van der Waals surface area contributed by atoms with E-state index >= 15 is 0 Å². The summed E-state index contributed by atoms with van der Waals surface area (Å²) < 4.78 is 0. The van der Waals surface area contributed by atoms with Crippen molar-refractivity contribution in [1.82, 2.24) is 5.01 Å². The number of benzene rings is 2. The molecule has 7 heteroatoms. The molecule has 2 amide bonds. The van der Waals surface area contributed by atoms with Crippen molar-refractivity contribution in [2.45, 2.75) is 46.3 Å². The highest BCUT2D eigenvalue weighted by Gasteiger charge is 2.28. The van der Waals surface area contributed by atoms with Crippen LogP contribution in [0.15, 0.2) is 41.5 Å². The van der Waals surface area contributed by atoms with Crippen LogP contribution in [0.25, 0.3) is 0 Å². The van der Waals surface area contributed by atoms with Gasteiger partial charge in [0.25, 0.3) is 0 Å². The van der Waals surface area contributed by atoms with Crippen LogP contribution in [0.4, 0.5) is 5.69 Å². The Hall–Kier alpha value is -3.19. The molecule has 29 heavy (non-hydrogen) atoms. The molecule has 0 aliphatic carbocycles. The molecular weight excluding hydrogens is 370 g/mol. The highest BCUT2D eigenvalue weighted by molar-refractivity contribution is 6.14. The Morgan fingerprint density at radius 1 is 1.21 bits per heavy atom. The Bertz CT molecular complexity index is 998. The molecule has 2 aromatic carbocycles. The maximum atomic E-state index is 12.2. The van der Waals surface area contributed by atoms with Crippen LogP contribution in [0, 0.1) is 0 Å². The Balaban J connectivity index is 1.79. The van der Waals surface area contributed by atoms with Gasteiger partial charge in [0.05, 0.1) is 11.8 Å². The number of carbonyl (C=O) groups excluding carboxylic acids is 2. The fourth-order valence-electron chi connectivity index (χ4n) is 3.62. The zero-order chi connectivity index (χ0) is 20.5. The normalized spacial score (nSPS) is 17.6. The molecule has 0 aromatic heterocycles. The van der Waals surface area contributed by atoms with Crippen LogP contribution in [0.5, 0.6) is 5.75 Å². The number of hydrogen-bond donors (Lipinski definition) is 1. The van der Waals surface area contributed by atoms with Crippen molar-refractivity contribution < 1.29 is 19.4 Å². The van der Waals surface area contributed by atoms with Gasteiger partial charge in [0.15, 0.2) is 5.75 Å². The molecule has 1 unspecified atom stereocenters. The minimum Gasteiger partial charge on any atom is -0.337 e. The first-order valence-corrected chi connectivity index (χ1v) is 9.70. The summed E-state index contributed by atoms with van der Waals surface area (Å²) in [7, 11) is 0. The van der Waals surface area contributed by atoms with Crippen LogP contribution < -0.4 is 10.2 Å². The van der Waals surface area contributed by atoms with E-state index in [0.717, 1.165) is 27.9 Å². The van der Waals surface area contributed by atoms with Gasteiger partial charge in [-0.3, -0.25) is 9.59 Å². The number of nitrogens with zero attached hydrogens (tertiary/aromatic N) is 2. The van der Waals surface area contributed by atoms with Gasteiger partial charge in [-0.2, -0.15) is 9.99 Å². The Morgan fingerprint density at radius 3 is 2.66 bits per heavy atom. The van der Waals surface area contributed by atoms with Crippen molar-refractivity contribution in [2.24, 2.45) is 5.10 Å². The molecule has 2 aliphatic heterocycles. The van der Waals surface area contributed by atoms with Crippen molar-refractivity contribution in [3.63, 3.8) is 0 Å². The molecule has 150 valence electrons. The summed E-state index contributed by atoms with van der Waals surface area (Å²) in [6.45, 7) is 5.69. The first kappa shape index (κ1) is 19.1. The van der Waals surface area contributed by atoms with Gasteiger partial charge >= 0.3 is 0 Å². The molecule has 1 N–H and O–H groups in total. The number of hydrogen-bond acceptors (Lipinski definition) is 5. The first-order valence-electron chi connectivity index (χ1n) is 9.70. The first-order chi connectivity index (χ1) is 14.0. The van der Waals surface area contributed by atoms with E-state index in [-0.39, 0.29) is 17.9 Å². The molecule has 0 saturated carbocycles. The molecule has 0 fully saturated rings. The third-order valence-electron chi connectivity index (χ3n) is 5.13. The van der Waals surface area contributed by atoms with E-state index in [4.69, 9.17) is 14.9 Å². The lowest BCUT2D eigenvalue weighted by Crippen LogP contribution is -2.33. The highest BCUT2D eigenvalue weighted by Crippen LogP contribution is 2.33. The molecular formula is C22H23N3O4. The van der Waals surface area contributed by atoms with Crippen LogP contribution in [0.1, 0.15) is 49.4 Å². The van der Waals surface area contributed by atoms with Crippen LogP contribution in [0.3, 0.4) is 0 Å². The fraction of sp³-hybridized carbons (Fsp3) is 0.318. The van der Waals surface area contributed by atoms with E-state index in [1.54, 1.807) is 0 Å². The van der Waals surface area contributed by atoms with Crippen LogP contribution in [-0.2, 0) is 27.5 Å². The van der Waals surface area contributed by atoms with Crippen molar-refractivity contribution in [3.8, 4) is 5.75 Å². The van der Waals surface area contributed by atoms with Gasteiger partial charge in [-0.15, -0.1) is 0 Å². The number of amides is 2. The lowest BCUT2D eigenvalue weighted by atomic mass is 9.92. The second-order valence-corrected chi connectivity index (χ2v) is 7.31. The second kappa shape index (κ2) is 7.67. The Morgan fingerprint density at radius 2 is 1.97 bits per heavy atom. The van der Waals surface area contributed by atoms with E-state index in [0.29, 0.717) is 30.9 Å². The van der Waals surface area contributed by atoms with Crippen molar-refractivity contribution in [1.29, 1.82) is 0 Å². The summed E-state index contributed by atoms with van der Waals surface area (Å²) >= 11 is 0. The minimum absolute atomic E-state index is 0.0398. The summed E-state index contributed by atoms with van der Waals surface area (Å²) in [5.74, 6) is 0.563. The number of fused-ring (bicyclic) bond motifs is 2. The molecule has 0 saturated heterocycles. The molecule has 0 bridgehead atoms. The third-order valence-corrected chi connectivity index (χ3v) is 5.13. The molecule has 2 aromatic rings. The largest absolute Gasteiger partial charge is 0.337 e. The van der Waals surface area contributed by atoms with Gasteiger partial charge in [-0.25, -0.2) is 5.01 Å². The van der Waals surface area contributed by atoms with Crippen molar-refractivity contribution >= 4 is 23.2 Å². The minimum atomic E-state index is -0.109. The molecule has 0 spiro atoms. The zero-order valence-electron chi connectivity index (χ0n) is 16.7. The molecule has 7 nitrogen and oxygen atoms in total. The predicted molar refractivity (Wildman–Crippen MR) is 109 cm³/mol. The summed E-state index contributed by atoms with van der Waals surface area (Å²) in [5.41, 5.74) is 5.25. The summed E-state index contributed by atoms with van der Waals surface area (Å²) in [6.07, 6.45) is 1.08. The number of nitrogens with one attached hydrogen (secondary N) is 1. The standard InChI is InChI=1S/C22H23N3O4/c1-4-21(27)23-18-7-5-15(6-8-18)22-19-10-17-12-28-29-20(17)11-16(19)9-13(2)25(24-22)14(3)26/h5-8,10-11,13H,4,9,12H2,1-3H3,(H,23,27). The monoisotopic (exact) mass is 393 g/mol. The van der Waals surface area contributed by atoms with Crippen LogP contribution in [-0.4, -0.2) is 28.6 Å². The van der Waals surface area contributed by atoms with E-state index in [9.17, 15) is 9.59 Å². The summed E-state index contributed by atoms with van der Waals surface area (Å²) in [5, 5.41) is 9.11. The van der Waals surface area contributed by atoms with Gasteiger partial charge in [0.2, 0.25) is 11.8 Å². The molecule has 4 rings (SSSR count). The molecule has 0 radical (unpaired) electrons. The van der Waals surface area contributed by atoms with E-state index in [1.165, 1.54) is 11.9 Å². The third kappa shape index (κ3) is 3.73. The zero-order valence-corrected chi connectivity index (χ0v) is 16.7. The SMILES string of the molecule is CCC(=O)Nc1ccc(C2=NN(C(C)=O)C(C)Cc3cc4c(cc32)COO4)cc1. The molecule has 1 atom stereocenters. The Kier molecular flexibility index (Phi) is 5.07. The summed E-state index contributed by atoms with van der Waals surface area (Å²) in [4.78, 5) is 34.2. The number of carbonyl (C=O) groups is 2. The Labute approximate surface area is 169 Å². The van der Waals surface area contributed by atoms with E-state index < -0.39 is 0 Å². The van der Waals surface area contributed by atoms with Crippen LogP contribution >= 0.6 is 0 Å². The molecule has 2 aliphatic rings. The predicted octanol–water partition coefficient (Wildman–Crippen LogP) is 3.40. The summed E-state index contributed by atoms with van der Waals surface area (Å²) in [6, 6.07) is 11.4. The smallest absolute Gasteiger partial charge is 0.239 e. The van der Waals surface area contributed by atoms with Gasteiger partial charge in [0.1, 0.15) is 6.61 Å². The van der Waals surface area contributed by atoms with Gasteiger partial charge in [0, 0.05) is 35.7 Å². The lowest BCUT2D eigenvalue weighted by molar-refractivity contribution is -0.194. The van der Waals surface area contributed by atoms with Gasteiger partial charge < -0.3 is 10.2 Å². The number of anilines is 1. The number of hydrazone groups is 1. The fourth-order valence-corrected chi connectivity index (χ4v) is 3.62. The van der Waals surface area contributed by atoms with Crippen LogP contribution in [0.2, 0.25) is 0 Å². The quantitative estimate of drug-likeness (QED) is 0.811. The van der Waals surface area contributed by atoms with E-state index in [1.807, 2.05) is 50.2 Å². The average molecular weight is 393 g/mol. The van der Waals surface area contributed by atoms with Gasteiger partial charge in [-0.1, -0.05) is 19.1 Å². The topological polar surface area (TPSA) is 80.2 Å². The second-order valence-electron chi connectivity index (χ2n) is 7.31. The number of rotatable bonds is 3.